The molecule has 0 N–H and O–H groups in total. The number of aromatic nitrogens is 1. The zero-order valence-electron chi connectivity index (χ0n) is 14.2. The summed E-state index contributed by atoms with van der Waals surface area (Å²) in [6, 6.07) is 15.2. The zero-order valence-corrected chi connectivity index (χ0v) is 14.2. The third kappa shape index (κ3) is 1.81. The Morgan fingerprint density at radius 3 is 2.58 bits per heavy atom. The van der Waals surface area contributed by atoms with Crippen molar-refractivity contribution in [2.24, 2.45) is 11.3 Å². The molecule has 5 rings (SSSR count). The van der Waals surface area contributed by atoms with E-state index in [1.165, 1.54) is 27.4 Å². The summed E-state index contributed by atoms with van der Waals surface area (Å²) >= 11 is 0. The van der Waals surface area contributed by atoms with Crippen molar-refractivity contribution in [3.63, 3.8) is 0 Å². The first kappa shape index (κ1) is 14.1. The maximum Gasteiger partial charge on any atom is 0.229 e. The van der Waals surface area contributed by atoms with Crippen LogP contribution in [0.25, 0.3) is 21.8 Å². The van der Waals surface area contributed by atoms with Crippen LogP contribution in [-0.2, 0) is 17.9 Å². The minimum absolute atomic E-state index is 0.0666. The van der Waals surface area contributed by atoms with Gasteiger partial charge in [0.15, 0.2) is 0 Å². The number of amides is 1. The molecular weight excluding hydrogens is 296 g/mol. The number of para-hydroxylation sites is 1. The molecule has 1 amide bonds. The highest BCUT2D eigenvalue weighted by Crippen LogP contribution is 2.75. The summed E-state index contributed by atoms with van der Waals surface area (Å²) < 4.78 is 2.36. The fourth-order valence-electron chi connectivity index (χ4n) is 4.32. The molecule has 0 saturated heterocycles. The Morgan fingerprint density at radius 2 is 1.88 bits per heavy atom. The SMILES string of the molecule is CCn1c2ccccc2c2cc(CN(C)C(=O)C34CC3C4)ccc21. The Morgan fingerprint density at radius 1 is 1.17 bits per heavy atom. The topological polar surface area (TPSA) is 25.2 Å². The first-order chi connectivity index (χ1) is 11.6. The highest BCUT2D eigenvalue weighted by Gasteiger charge is 2.75. The predicted molar refractivity (Wildman–Crippen MR) is 96.7 cm³/mol. The van der Waals surface area contributed by atoms with Gasteiger partial charge in [-0.2, -0.15) is 0 Å². The molecule has 2 aromatic carbocycles. The summed E-state index contributed by atoms with van der Waals surface area (Å²) in [5.41, 5.74) is 3.84. The van der Waals surface area contributed by atoms with Crippen molar-refractivity contribution >= 4 is 27.7 Å². The van der Waals surface area contributed by atoms with Crippen molar-refractivity contribution in [2.75, 3.05) is 7.05 Å². The normalized spacial score (nSPS) is 24.2. The minimum Gasteiger partial charge on any atom is -0.341 e. The first-order valence-corrected chi connectivity index (χ1v) is 8.89. The van der Waals surface area contributed by atoms with E-state index in [0.717, 1.165) is 19.4 Å². The molecule has 0 spiro atoms. The van der Waals surface area contributed by atoms with Crippen LogP contribution in [0.15, 0.2) is 42.5 Å². The fourth-order valence-corrected chi connectivity index (χ4v) is 4.32. The molecule has 2 aliphatic carbocycles. The van der Waals surface area contributed by atoms with Crippen LogP contribution in [0.4, 0.5) is 0 Å². The Hall–Kier alpha value is -2.29. The Kier molecular flexibility index (Phi) is 2.71. The lowest BCUT2D eigenvalue weighted by molar-refractivity contribution is -0.133. The van der Waals surface area contributed by atoms with E-state index < -0.39 is 0 Å². The van der Waals surface area contributed by atoms with Crippen LogP contribution >= 0.6 is 0 Å². The molecule has 2 saturated carbocycles. The molecule has 24 heavy (non-hydrogen) atoms. The quantitative estimate of drug-likeness (QED) is 0.708. The number of rotatable bonds is 4. The Labute approximate surface area is 141 Å². The van der Waals surface area contributed by atoms with Crippen molar-refractivity contribution in [2.45, 2.75) is 32.9 Å². The second kappa shape index (κ2) is 4.62. The molecule has 3 heteroatoms. The van der Waals surface area contributed by atoms with Crippen molar-refractivity contribution < 1.29 is 4.79 Å². The van der Waals surface area contributed by atoms with E-state index in [1.807, 2.05) is 11.9 Å². The van der Waals surface area contributed by atoms with Crippen molar-refractivity contribution in [1.82, 2.24) is 9.47 Å². The van der Waals surface area contributed by atoms with Crippen LogP contribution in [0.1, 0.15) is 25.3 Å². The predicted octanol–water partition coefficient (Wildman–Crippen LogP) is 4.18. The van der Waals surface area contributed by atoms with Gasteiger partial charge >= 0.3 is 0 Å². The first-order valence-electron chi connectivity index (χ1n) is 8.89. The number of fused-ring (bicyclic) bond motifs is 4. The number of benzene rings is 2. The summed E-state index contributed by atoms with van der Waals surface area (Å²) in [6.07, 6.45) is 2.25. The van der Waals surface area contributed by atoms with Crippen LogP contribution in [0, 0.1) is 11.3 Å². The zero-order chi connectivity index (χ0) is 16.5. The van der Waals surface area contributed by atoms with E-state index in [4.69, 9.17) is 0 Å². The van der Waals surface area contributed by atoms with Gasteiger partial charge in [0.2, 0.25) is 5.91 Å². The summed E-state index contributed by atoms with van der Waals surface area (Å²) in [5, 5.41) is 2.59. The lowest BCUT2D eigenvalue weighted by Gasteiger charge is -2.19. The van der Waals surface area contributed by atoms with Crippen molar-refractivity contribution in [3.05, 3.63) is 48.0 Å². The molecule has 0 aliphatic heterocycles. The van der Waals surface area contributed by atoms with Gasteiger partial charge in [0, 0.05) is 41.9 Å². The second-order valence-corrected chi connectivity index (χ2v) is 7.54. The number of carbonyl (C=O) groups excluding carboxylic acids is 1. The lowest BCUT2D eigenvalue weighted by Crippen LogP contribution is -2.30. The van der Waals surface area contributed by atoms with Crippen LogP contribution in [0.5, 0.6) is 0 Å². The van der Waals surface area contributed by atoms with Gasteiger partial charge in [-0.1, -0.05) is 24.3 Å². The monoisotopic (exact) mass is 318 g/mol. The molecule has 0 radical (unpaired) electrons. The molecule has 1 heterocycles. The van der Waals surface area contributed by atoms with Crippen LogP contribution < -0.4 is 0 Å². The third-order valence-electron chi connectivity index (χ3n) is 6.03. The Balaban J connectivity index is 1.53. The molecule has 2 aliphatic rings. The molecule has 2 fully saturated rings. The minimum atomic E-state index is 0.0666. The number of carbonyl (C=O) groups is 1. The van der Waals surface area contributed by atoms with Gasteiger partial charge in [0.25, 0.3) is 0 Å². The molecule has 122 valence electrons. The summed E-state index contributed by atoms with van der Waals surface area (Å²) in [6.45, 7) is 3.85. The summed E-state index contributed by atoms with van der Waals surface area (Å²) in [5.74, 6) is 1.06. The van der Waals surface area contributed by atoms with Gasteiger partial charge < -0.3 is 9.47 Å². The van der Waals surface area contributed by atoms with Gasteiger partial charge in [-0.15, -0.1) is 0 Å². The van der Waals surface area contributed by atoms with E-state index in [0.29, 0.717) is 18.4 Å². The van der Waals surface area contributed by atoms with Crippen LogP contribution in [0.2, 0.25) is 0 Å². The second-order valence-electron chi connectivity index (χ2n) is 7.54. The van der Waals surface area contributed by atoms with Crippen LogP contribution in [-0.4, -0.2) is 22.4 Å². The lowest BCUT2D eigenvalue weighted by atomic mass is 10.1. The average Bonchev–Trinajstić information content (AvgIpc) is 3.44. The highest BCUT2D eigenvalue weighted by molar-refractivity contribution is 6.08. The van der Waals surface area contributed by atoms with Crippen molar-refractivity contribution in [3.8, 4) is 0 Å². The van der Waals surface area contributed by atoms with Gasteiger partial charge in [0.1, 0.15) is 0 Å². The van der Waals surface area contributed by atoms with E-state index in [-0.39, 0.29) is 5.41 Å². The Bertz CT molecular complexity index is 978. The standard InChI is InChI=1S/C21H22N2O/c1-3-23-18-7-5-4-6-16(18)17-10-14(8-9-19(17)23)13-22(2)20(24)21-11-15(21)12-21/h4-10,15H,3,11-13H2,1-2H3. The van der Waals surface area contributed by atoms with E-state index in [1.54, 1.807) is 0 Å². The largest absolute Gasteiger partial charge is 0.341 e. The maximum absolute atomic E-state index is 12.5. The average molecular weight is 318 g/mol. The van der Waals surface area contributed by atoms with E-state index in [2.05, 4.69) is 54.0 Å². The van der Waals surface area contributed by atoms with Gasteiger partial charge in [-0.05, 0) is 49.4 Å². The third-order valence-corrected chi connectivity index (χ3v) is 6.03. The number of aryl methyl sites for hydroxylation is 1. The number of nitrogens with zero attached hydrogens (tertiary/aromatic N) is 2. The smallest absolute Gasteiger partial charge is 0.229 e. The van der Waals surface area contributed by atoms with Crippen molar-refractivity contribution in [1.29, 1.82) is 0 Å². The molecule has 0 unspecified atom stereocenters. The summed E-state index contributed by atoms with van der Waals surface area (Å²) in [4.78, 5) is 14.4. The fraction of sp³-hybridized carbons (Fsp3) is 0.381. The molecule has 3 nitrogen and oxygen atoms in total. The van der Waals surface area contributed by atoms with Gasteiger partial charge in [0.05, 0.1) is 5.41 Å². The molecule has 1 aromatic heterocycles. The van der Waals surface area contributed by atoms with Crippen LogP contribution in [0.3, 0.4) is 0 Å². The molecular formula is C21H22N2O. The maximum atomic E-state index is 12.5. The molecule has 0 atom stereocenters. The summed E-state index contributed by atoms with van der Waals surface area (Å²) in [7, 11) is 1.95. The number of hydrogen-bond acceptors (Lipinski definition) is 1. The molecule has 3 aromatic rings. The van der Waals surface area contributed by atoms with E-state index in [9.17, 15) is 4.79 Å². The molecule has 0 bridgehead atoms. The highest BCUT2D eigenvalue weighted by atomic mass is 16.2. The number of hydrogen-bond donors (Lipinski definition) is 0. The van der Waals surface area contributed by atoms with E-state index >= 15 is 0 Å². The van der Waals surface area contributed by atoms with Gasteiger partial charge in [-0.25, -0.2) is 0 Å². The van der Waals surface area contributed by atoms with Gasteiger partial charge in [-0.3, -0.25) is 4.79 Å².